The van der Waals surface area contributed by atoms with E-state index in [2.05, 4.69) is 22.0 Å². The number of hydrogen-bond acceptors (Lipinski definition) is 3. The topological polar surface area (TPSA) is 35.6 Å². The van der Waals surface area contributed by atoms with Crippen LogP contribution in [0.15, 0.2) is 0 Å². The van der Waals surface area contributed by atoms with E-state index in [1.807, 2.05) is 0 Å². The molecule has 4 nitrogen and oxygen atoms in total. The summed E-state index contributed by atoms with van der Waals surface area (Å²) >= 11 is 0. The quantitative estimate of drug-likeness (QED) is 0.796. The first kappa shape index (κ1) is 13.8. The molecule has 1 amide bonds. The molecule has 1 unspecified atom stereocenters. The predicted octanol–water partition coefficient (Wildman–Crippen LogP) is 1.07. The van der Waals surface area contributed by atoms with Gasteiger partial charge >= 0.3 is 0 Å². The van der Waals surface area contributed by atoms with E-state index in [0.29, 0.717) is 12.6 Å². The smallest absolute Gasteiger partial charge is 0.234 e. The lowest BCUT2D eigenvalue weighted by atomic mass is 10.0. The zero-order valence-corrected chi connectivity index (χ0v) is 11.7. The van der Waals surface area contributed by atoms with Gasteiger partial charge in [-0.15, -0.1) is 0 Å². The molecule has 1 N–H and O–H groups in total. The summed E-state index contributed by atoms with van der Waals surface area (Å²) in [6, 6.07) is 0.695. The second-order valence-electron chi connectivity index (χ2n) is 5.62. The highest BCUT2D eigenvalue weighted by atomic mass is 16.2. The van der Waals surface area contributed by atoms with Crippen molar-refractivity contribution in [2.75, 3.05) is 39.3 Å². The van der Waals surface area contributed by atoms with Crippen molar-refractivity contribution in [1.29, 1.82) is 0 Å². The molecule has 4 heteroatoms. The van der Waals surface area contributed by atoms with E-state index >= 15 is 0 Å². The van der Waals surface area contributed by atoms with Crippen molar-refractivity contribution in [3.63, 3.8) is 0 Å². The maximum atomic E-state index is 11.7. The number of nitrogens with zero attached hydrogens (tertiary/aromatic N) is 2. The highest BCUT2D eigenvalue weighted by Gasteiger charge is 2.27. The van der Waals surface area contributed by atoms with Gasteiger partial charge < -0.3 is 5.32 Å². The lowest BCUT2D eigenvalue weighted by molar-refractivity contribution is -0.122. The minimum absolute atomic E-state index is 0.193. The Morgan fingerprint density at radius 1 is 1.22 bits per heavy atom. The van der Waals surface area contributed by atoms with Gasteiger partial charge in [-0.3, -0.25) is 14.6 Å². The molecule has 0 aromatic carbocycles. The second kappa shape index (κ2) is 7.10. The average Bonchev–Trinajstić information content (AvgIpc) is 2.90. The molecule has 0 spiro atoms. The number of carbonyl (C=O) groups excluding carboxylic acids is 1. The molecule has 2 heterocycles. The van der Waals surface area contributed by atoms with Crippen molar-refractivity contribution >= 4 is 5.91 Å². The van der Waals surface area contributed by atoms with Crippen LogP contribution in [0.2, 0.25) is 0 Å². The molecular weight excluding hydrogens is 226 g/mol. The zero-order chi connectivity index (χ0) is 12.8. The summed E-state index contributed by atoms with van der Waals surface area (Å²) in [4.78, 5) is 16.7. The van der Waals surface area contributed by atoms with Crippen molar-refractivity contribution < 1.29 is 4.79 Å². The SMILES string of the molecule is CCCNC(=O)CN1CCCC(N2CCCC2)C1. The van der Waals surface area contributed by atoms with E-state index in [1.54, 1.807) is 0 Å². The molecule has 0 aliphatic carbocycles. The average molecular weight is 253 g/mol. The molecule has 0 radical (unpaired) electrons. The first-order valence-electron chi connectivity index (χ1n) is 7.52. The summed E-state index contributed by atoms with van der Waals surface area (Å²) in [5.41, 5.74) is 0. The number of piperidine rings is 1. The van der Waals surface area contributed by atoms with Crippen molar-refractivity contribution in [1.82, 2.24) is 15.1 Å². The molecular formula is C14H27N3O. The monoisotopic (exact) mass is 253 g/mol. The van der Waals surface area contributed by atoms with E-state index in [-0.39, 0.29) is 5.91 Å². The molecule has 0 bridgehead atoms. The number of amides is 1. The molecule has 0 aromatic heterocycles. The molecule has 1 atom stereocenters. The van der Waals surface area contributed by atoms with Crippen molar-refractivity contribution in [2.45, 2.75) is 45.1 Å². The van der Waals surface area contributed by atoms with Gasteiger partial charge in [-0.05, 0) is 51.7 Å². The molecule has 0 aromatic rings. The fraction of sp³-hybridized carbons (Fsp3) is 0.929. The Morgan fingerprint density at radius 2 is 2.00 bits per heavy atom. The van der Waals surface area contributed by atoms with Gasteiger partial charge in [0.25, 0.3) is 0 Å². The van der Waals surface area contributed by atoms with Crippen LogP contribution in [-0.4, -0.2) is 61.0 Å². The number of carbonyl (C=O) groups is 1. The van der Waals surface area contributed by atoms with Crippen LogP contribution in [0, 0.1) is 0 Å². The maximum Gasteiger partial charge on any atom is 0.234 e. The van der Waals surface area contributed by atoms with Crippen molar-refractivity contribution in [3.8, 4) is 0 Å². The van der Waals surface area contributed by atoms with E-state index in [4.69, 9.17) is 0 Å². The Balaban J connectivity index is 1.74. The van der Waals surface area contributed by atoms with E-state index in [9.17, 15) is 4.79 Å². The molecule has 104 valence electrons. The van der Waals surface area contributed by atoms with E-state index in [1.165, 1.54) is 38.8 Å². The Bertz CT molecular complexity index is 264. The van der Waals surface area contributed by atoms with Gasteiger partial charge in [-0.25, -0.2) is 0 Å². The molecule has 2 fully saturated rings. The highest BCUT2D eigenvalue weighted by Crippen LogP contribution is 2.20. The Morgan fingerprint density at radius 3 is 2.72 bits per heavy atom. The highest BCUT2D eigenvalue weighted by molar-refractivity contribution is 5.77. The molecule has 2 rings (SSSR count). The lowest BCUT2D eigenvalue weighted by Crippen LogP contribution is -2.49. The Hall–Kier alpha value is -0.610. The van der Waals surface area contributed by atoms with Gasteiger partial charge in [0.05, 0.1) is 6.54 Å². The van der Waals surface area contributed by atoms with Crippen LogP contribution in [-0.2, 0) is 4.79 Å². The minimum atomic E-state index is 0.193. The number of nitrogens with one attached hydrogen (secondary N) is 1. The fourth-order valence-corrected chi connectivity index (χ4v) is 3.10. The van der Waals surface area contributed by atoms with Crippen LogP contribution >= 0.6 is 0 Å². The largest absolute Gasteiger partial charge is 0.355 e. The lowest BCUT2D eigenvalue weighted by Gasteiger charge is -2.37. The van der Waals surface area contributed by atoms with E-state index in [0.717, 1.165) is 26.1 Å². The minimum Gasteiger partial charge on any atom is -0.355 e. The summed E-state index contributed by atoms with van der Waals surface area (Å²) < 4.78 is 0. The van der Waals surface area contributed by atoms with Gasteiger partial charge in [0, 0.05) is 19.1 Å². The third-order valence-electron chi connectivity index (χ3n) is 4.08. The molecule has 18 heavy (non-hydrogen) atoms. The predicted molar refractivity (Wildman–Crippen MR) is 73.6 cm³/mol. The van der Waals surface area contributed by atoms with Crippen LogP contribution < -0.4 is 5.32 Å². The normalized spacial score (nSPS) is 26.4. The van der Waals surface area contributed by atoms with Crippen LogP contribution in [0.25, 0.3) is 0 Å². The van der Waals surface area contributed by atoms with Crippen LogP contribution in [0.5, 0.6) is 0 Å². The molecule has 2 aliphatic heterocycles. The van der Waals surface area contributed by atoms with Gasteiger partial charge in [0.2, 0.25) is 5.91 Å². The van der Waals surface area contributed by atoms with Gasteiger partial charge in [-0.2, -0.15) is 0 Å². The first-order chi connectivity index (χ1) is 8.79. The Kier molecular flexibility index (Phi) is 5.45. The maximum absolute atomic E-state index is 11.7. The second-order valence-corrected chi connectivity index (χ2v) is 5.62. The summed E-state index contributed by atoms with van der Waals surface area (Å²) in [5, 5.41) is 2.97. The summed E-state index contributed by atoms with van der Waals surface area (Å²) in [5.74, 6) is 0.193. The summed E-state index contributed by atoms with van der Waals surface area (Å²) in [6.07, 6.45) is 6.28. The Labute approximate surface area is 111 Å². The first-order valence-corrected chi connectivity index (χ1v) is 7.52. The van der Waals surface area contributed by atoms with Crippen LogP contribution in [0.1, 0.15) is 39.0 Å². The zero-order valence-electron chi connectivity index (χ0n) is 11.7. The molecule has 2 aliphatic rings. The standard InChI is InChI=1S/C14H27N3O/c1-2-7-15-14(18)12-16-8-5-6-13(11-16)17-9-3-4-10-17/h13H,2-12H2,1H3,(H,15,18). The van der Waals surface area contributed by atoms with Crippen LogP contribution in [0.4, 0.5) is 0 Å². The van der Waals surface area contributed by atoms with Crippen molar-refractivity contribution in [2.24, 2.45) is 0 Å². The number of rotatable bonds is 5. The molecule has 0 saturated carbocycles. The summed E-state index contributed by atoms with van der Waals surface area (Å²) in [7, 11) is 0. The van der Waals surface area contributed by atoms with Crippen LogP contribution in [0.3, 0.4) is 0 Å². The van der Waals surface area contributed by atoms with Gasteiger partial charge in [0.1, 0.15) is 0 Å². The fourth-order valence-electron chi connectivity index (χ4n) is 3.10. The van der Waals surface area contributed by atoms with E-state index < -0.39 is 0 Å². The summed E-state index contributed by atoms with van der Waals surface area (Å²) in [6.45, 7) is 8.18. The number of hydrogen-bond donors (Lipinski definition) is 1. The number of likely N-dealkylation sites (tertiary alicyclic amines) is 2. The molecule has 2 saturated heterocycles. The van der Waals surface area contributed by atoms with Crippen molar-refractivity contribution in [3.05, 3.63) is 0 Å². The van der Waals surface area contributed by atoms with Gasteiger partial charge in [-0.1, -0.05) is 6.92 Å². The third kappa shape index (κ3) is 3.95. The third-order valence-corrected chi connectivity index (χ3v) is 4.08. The van der Waals surface area contributed by atoms with Gasteiger partial charge in [0.15, 0.2) is 0 Å².